The normalized spacial score (nSPS) is 22.5. The molecule has 3 rings (SSSR count). The number of nitrogens with zero attached hydrogens (tertiary/aromatic N) is 2. The fraction of sp³-hybridized carbons (Fsp3) is 0.632. The van der Waals surface area contributed by atoms with Crippen molar-refractivity contribution in [3.63, 3.8) is 0 Å². The molecule has 0 bridgehead atoms. The van der Waals surface area contributed by atoms with Gasteiger partial charge in [-0.05, 0) is 49.8 Å². The molecule has 2 aliphatic heterocycles. The lowest BCUT2D eigenvalue weighted by Gasteiger charge is -2.34. The molecule has 1 aromatic rings. The van der Waals surface area contributed by atoms with Crippen LogP contribution in [-0.2, 0) is 21.2 Å². The van der Waals surface area contributed by atoms with Crippen molar-refractivity contribution in [2.75, 3.05) is 19.6 Å². The molecule has 2 fully saturated rings. The third-order valence-electron chi connectivity index (χ3n) is 5.42. The van der Waals surface area contributed by atoms with E-state index in [4.69, 9.17) is 0 Å². The first kappa shape index (κ1) is 18.4. The number of benzene rings is 1. The first-order valence-corrected chi connectivity index (χ1v) is 10.8. The molecule has 1 unspecified atom stereocenters. The fourth-order valence-electron chi connectivity index (χ4n) is 3.87. The lowest BCUT2D eigenvalue weighted by atomic mass is 10.0. The molecule has 2 aliphatic rings. The molecule has 0 spiro atoms. The molecule has 138 valence electrons. The summed E-state index contributed by atoms with van der Waals surface area (Å²) in [7, 11) is -3.41. The van der Waals surface area contributed by atoms with Gasteiger partial charge in [0.25, 0.3) is 0 Å². The van der Waals surface area contributed by atoms with Gasteiger partial charge in [-0.25, -0.2) is 8.42 Å². The number of hydrogen-bond acceptors (Lipinski definition) is 3. The minimum absolute atomic E-state index is 0.125. The highest BCUT2D eigenvalue weighted by Crippen LogP contribution is 2.27. The zero-order chi connectivity index (χ0) is 17.9. The number of carbonyl (C=O) groups is 1. The highest BCUT2D eigenvalue weighted by molar-refractivity contribution is 7.89. The molecule has 5 nitrogen and oxygen atoms in total. The van der Waals surface area contributed by atoms with Gasteiger partial charge in [-0.15, -0.1) is 0 Å². The molecule has 6 heteroatoms. The summed E-state index contributed by atoms with van der Waals surface area (Å²) >= 11 is 0. The number of sulfonamides is 1. The van der Waals surface area contributed by atoms with Gasteiger partial charge in [0.1, 0.15) is 0 Å². The van der Waals surface area contributed by atoms with Crippen molar-refractivity contribution in [3.8, 4) is 0 Å². The van der Waals surface area contributed by atoms with Crippen LogP contribution in [0.3, 0.4) is 0 Å². The summed E-state index contributed by atoms with van der Waals surface area (Å²) in [6, 6.07) is 7.34. The van der Waals surface area contributed by atoms with Crippen LogP contribution in [0.2, 0.25) is 0 Å². The second kappa shape index (κ2) is 7.87. The summed E-state index contributed by atoms with van der Waals surface area (Å²) in [5.41, 5.74) is 1.07. The molecule has 2 heterocycles. The van der Waals surface area contributed by atoms with Crippen molar-refractivity contribution < 1.29 is 13.2 Å². The summed E-state index contributed by atoms with van der Waals surface area (Å²) in [6.07, 6.45) is 6.25. The van der Waals surface area contributed by atoms with Gasteiger partial charge < -0.3 is 4.90 Å². The molecule has 2 saturated heterocycles. The van der Waals surface area contributed by atoms with Gasteiger partial charge in [-0.2, -0.15) is 4.31 Å². The van der Waals surface area contributed by atoms with Crippen LogP contribution in [-0.4, -0.2) is 49.2 Å². The van der Waals surface area contributed by atoms with Crippen LogP contribution in [0.4, 0.5) is 0 Å². The quantitative estimate of drug-likeness (QED) is 0.780. The van der Waals surface area contributed by atoms with Crippen molar-refractivity contribution >= 4 is 15.9 Å². The standard InChI is InChI=1S/C19H28N2O3S/c1-2-17-6-3-4-14-21(17)25(23,24)18-10-8-16(9-11-18)12-15-20-13-5-7-19(20)22/h8-11,17H,2-7,12-15H2,1H3. The van der Waals surface area contributed by atoms with Gasteiger partial charge in [0.2, 0.25) is 15.9 Å². The van der Waals surface area contributed by atoms with E-state index in [1.807, 2.05) is 17.0 Å². The monoisotopic (exact) mass is 364 g/mol. The number of rotatable bonds is 6. The summed E-state index contributed by atoms with van der Waals surface area (Å²) in [4.78, 5) is 13.9. The summed E-state index contributed by atoms with van der Waals surface area (Å²) in [6.45, 7) is 4.24. The number of piperidine rings is 1. The van der Waals surface area contributed by atoms with Crippen molar-refractivity contribution in [2.24, 2.45) is 0 Å². The van der Waals surface area contributed by atoms with Gasteiger partial charge in [0, 0.05) is 32.1 Å². The first-order valence-electron chi connectivity index (χ1n) is 9.41. The maximum atomic E-state index is 13.0. The Morgan fingerprint density at radius 2 is 1.84 bits per heavy atom. The second-order valence-corrected chi connectivity index (χ2v) is 8.94. The van der Waals surface area contributed by atoms with Crippen LogP contribution in [0.5, 0.6) is 0 Å². The van der Waals surface area contributed by atoms with E-state index in [-0.39, 0.29) is 11.9 Å². The lowest BCUT2D eigenvalue weighted by Crippen LogP contribution is -2.43. The Morgan fingerprint density at radius 3 is 2.48 bits per heavy atom. The molecule has 0 N–H and O–H groups in total. The molecule has 1 atom stereocenters. The number of hydrogen-bond donors (Lipinski definition) is 0. The third-order valence-corrected chi connectivity index (χ3v) is 7.38. The predicted molar refractivity (Wildman–Crippen MR) is 97.8 cm³/mol. The van der Waals surface area contributed by atoms with E-state index in [2.05, 4.69) is 6.92 Å². The van der Waals surface area contributed by atoms with E-state index in [1.165, 1.54) is 0 Å². The molecule has 0 radical (unpaired) electrons. The van der Waals surface area contributed by atoms with Gasteiger partial charge in [-0.1, -0.05) is 25.5 Å². The van der Waals surface area contributed by atoms with Crippen LogP contribution in [0.25, 0.3) is 0 Å². The lowest BCUT2D eigenvalue weighted by molar-refractivity contribution is -0.127. The van der Waals surface area contributed by atoms with E-state index in [0.717, 1.165) is 57.2 Å². The predicted octanol–water partition coefficient (Wildman–Crippen LogP) is 2.80. The van der Waals surface area contributed by atoms with Crippen LogP contribution in [0.15, 0.2) is 29.2 Å². The molecule has 1 aromatic carbocycles. The van der Waals surface area contributed by atoms with Crippen molar-refractivity contribution in [1.82, 2.24) is 9.21 Å². The molecule has 0 saturated carbocycles. The largest absolute Gasteiger partial charge is 0.342 e. The van der Waals surface area contributed by atoms with E-state index in [0.29, 0.717) is 17.9 Å². The number of carbonyl (C=O) groups excluding carboxylic acids is 1. The van der Waals surface area contributed by atoms with Crippen LogP contribution in [0.1, 0.15) is 51.0 Å². The Bertz CT molecular complexity index is 700. The average Bonchev–Trinajstić information content (AvgIpc) is 3.05. The topological polar surface area (TPSA) is 57.7 Å². The number of likely N-dealkylation sites (tertiary alicyclic amines) is 1. The minimum atomic E-state index is -3.41. The molecule has 0 aliphatic carbocycles. The summed E-state index contributed by atoms with van der Waals surface area (Å²) in [5.74, 6) is 0.231. The molecular formula is C19H28N2O3S. The Morgan fingerprint density at radius 1 is 1.08 bits per heavy atom. The molecular weight excluding hydrogens is 336 g/mol. The summed E-state index contributed by atoms with van der Waals surface area (Å²) in [5, 5.41) is 0. The van der Waals surface area contributed by atoms with Crippen LogP contribution >= 0.6 is 0 Å². The van der Waals surface area contributed by atoms with Crippen molar-refractivity contribution in [3.05, 3.63) is 29.8 Å². The first-order chi connectivity index (χ1) is 12.0. The van der Waals surface area contributed by atoms with Gasteiger partial charge in [-0.3, -0.25) is 4.79 Å². The maximum absolute atomic E-state index is 13.0. The zero-order valence-corrected chi connectivity index (χ0v) is 15.8. The van der Waals surface area contributed by atoms with Gasteiger partial charge in [0.15, 0.2) is 0 Å². The van der Waals surface area contributed by atoms with Crippen LogP contribution in [0, 0.1) is 0 Å². The maximum Gasteiger partial charge on any atom is 0.243 e. The average molecular weight is 365 g/mol. The fourth-order valence-corrected chi connectivity index (χ4v) is 5.63. The van der Waals surface area contributed by atoms with E-state index < -0.39 is 10.0 Å². The van der Waals surface area contributed by atoms with Crippen molar-refractivity contribution in [1.29, 1.82) is 0 Å². The second-order valence-electron chi connectivity index (χ2n) is 7.05. The Labute approximate surface area is 151 Å². The molecule has 25 heavy (non-hydrogen) atoms. The third kappa shape index (κ3) is 4.06. The van der Waals surface area contributed by atoms with E-state index >= 15 is 0 Å². The summed E-state index contributed by atoms with van der Waals surface area (Å²) < 4.78 is 27.6. The Balaban J connectivity index is 1.67. The molecule has 0 aromatic heterocycles. The van der Waals surface area contributed by atoms with Gasteiger partial charge >= 0.3 is 0 Å². The highest BCUT2D eigenvalue weighted by atomic mass is 32.2. The minimum Gasteiger partial charge on any atom is -0.342 e. The zero-order valence-electron chi connectivity index (χ0n) is 15.0. The Hall–Kier alpha value is -1.40. The van der Waals surface area contributed by atoms with Crippen molar-refractivity contribution in [2.45, 2.75) is 62.8 Å². The Kier molecular flexibility index (Phi) is 5.79. The highest BCUT2D eigenvalue weighted by Gasteiger charge is 2.32. The van der Waals surface area contributed by atoms with Crippen LogP contribution < -0.4 is 0 Å². The van der Waals surface area contributed by atoms with E-state index in [9.17, 15) is 13.2 Å². The molecule has 1 amide bonds. The van der Waals surface area contributed by atoms with E-state index in [1.54, 1.807) is 16.4 Å². The number of amides is 1. The van der Waals surface area contributed by atoms with Gasteiger partial charge in [0.05, 0.1) is 4.90 Å². The SMILES string of the molecule is CCC1CCCCN1S(=O)(=O)c1ccc(CCN2CCCC2=O)cc1. The smallest absolute Gasteiger partial charge is 0.243 e.